The van der Waals surface area contributed by atoms with Crippen LogP contribution in [0.2, 0.25) is 0 Å². The zero-order valence-corrected chi connectivity index (χ0v) is 10.9. The number of hydrogen-bond donors (Lipinski definition) is 1. The summed E-state index contributed by atoms with van der Waals surface area (Å²) in [5.41, 5.74) is 0.988. The molecule has 84 valence electrons. The van der Waals surface area contributed by atoms with E-state index >= 15 is 0 Å². The third-order valence-electron chi connectivity index (χ3n) is 2.06. The standard InChI is InChI=1S/C12H18OS2/c1-3-14-8-9-15-12-6-4-11(5-7-12)10(2)13/h4-7,10,13H,3,8-9H2,1-2H3. The minimum Gasteiger partial charge on any atom is -0.389 e. The van der Waals surface area contributed by atoms with E-state index in [0.717, 1.165) is 11.3 Å². The first-order chi connectivity index (χ1) is 7.24. The maximum absolute atomic E-state index is 9.35. The van der Waals surface area contributed by atoms with E-state index < -0.39 is 0 Å². The van der Waals surface area contributed by atoms with Gasteiger partial charge in [0, 0.05) is 16.4 Å². The van der Waals surface area contributed by atoms with Gasteiger partial charge in [0.05, 0.1) is 6.10 Å². The third kappa shape index (κ3) is 4.96. The molecule has 0 heterocycles. The Morgan fingerprint density at radius 2 is 1.87 bits per heavy atom. The molecule has 3 heteroatoms. The molecule has 1 atom stereocenters. The Morgan fingerprint density at radius 1 is 1.20 bits per heavy atom. The zero-order valence-electron chi connectivity index (χ0n) is 9.27. The van der Waals surface area contributed by atoms with Crippen LogP contribution in [0.3, 0.4) is 0 Å². The summed E-state index contributed by atoms with van der Waals surface area (Å²) in [5.74, 6) is 3.56. The molecule has 1 aromatic carbocycles. The molecule has 0 bridgehead atoms. The second kappa shape index (κ2) is 7.20. The predicted octanol–water partition coefficient (Wildman–Crippen LogP) is 3.59. The van der Waals surface area contributed by atoms with Crippen LogP contribution in [0.1, 0.15) is 25.5 Å². The fourth-order valence-corrected chi connectivity index (χ4v) is 2.86. The lowest BCUT2D eigenvalue weighted by Crippen LogP contribution is -1.90. The molecule has 0 spiro atoms. The number of hydrogen-bond acceptors (Lipinski definition) is 3. The van der Waals surface area contributed by atoms with Crippen LogP contribution in [0.25, 0.3) is 0 Å². The highest BCUT2D eigenvalue weighted by Crippen LogP contribution is 2.21. The van der Waals surface area contributed by atoms with E-state index in [1.807, 2.05) is 35.7 Å². The molecule has 1 rings (SSSR count). The van der Waals surface area contributed by atoms with Gasteiger partial charge in [-0.1, -0.05) is 19.1 Å². The molecule has 0 amide bonds. The molecule has 0 radical (unpaired) electrons. The van der Waals surface area contributed by atoms with Gasteiger partial charge in [-0.25, -0.2) is 0 Å². The minimum absolute atomic E-state index is 0.361. The molecule has 0 saturated heterocycles. The van der Waals surface area contributed by atoms with Crippen molar-refractivity contribution in [2.24, 2.45) is 0 Å². The van der Waals surface area contributed by atoms with Gasteiger partial charge in [-0.3, -0.25) is 0 Å². The Hall–Kier alpha value is -0.120. The van der Waals surface area contributed by atoms with Crippen molar-refractivity contribution in [1.29, 1.82) is 0 Å². The van der Waals surface area contributed by atoms with Gasteiger partial charge in [0.2, 0.25) is 0 Å². The van der Waals surface area contributed by atoms with Crippen LogP contribution in [0, 0.1) is 0 Å². The van der Waals surface area contributed by atoms with E-state index in [9.17, 15) is 5.11 Å². The summed E-state index contributed by atoms with van der Waals surface area (Å²) in [6.45, 7) is 3.98. The molecule has 0 aliphatic heterocycles. The van der Waals surface area contributed by atoms with Gasteiger partial charge >= 0.3 is 0 Å². The van der Waals surface area contributed by atoms with E-state index in [0.29, 0.717) is 0 Å². The maximum Gasteiger partial charge on any atom is 0.0761 e. The summed E-state index contributed by atoms with van der Waals surface area (Å²) in [6, 6.07) is 8.17. The van der Waals surface area contributed by atoms with Gasteiger partial charge in [0.1, 0.15) is 0 Å². The summed E-state index contributed by atoms with van der Waals surface area (Å²) in [4.78, 5) is 1.29. The van der Waals surface area contributed by atoms with Crippen LogP contribution < -0.4 is 0 Å². The van der Waals surface area contributed by atoms with Crippen molar-refractivity contribution in [1.82, 2.24) is 0 Å². The summed E-state index contributed by atoms with van der Waals surface area (Å²) in [7, 11) is 0. The highest BCUT2D eigenvalue weighted by Gasteiger charge is 2.00. The van der Waals surface area contributed by atoms with Crippen LogP contribution in [0.5, 0.6) is 0 Å². The first kappa shape index (κ1) is 12.9. The summed E-state index contributed by atoms with van der Waals surface area (Å²) < 4.78 is 0. The van der Waals surface area contributed by atoms with Gasteiger partial charge in [-0.15, -0.1) is 11.8 Å². The number of aliphatic hydroxyl groups excluding tert-OH is 1. The average Bonchev–Trinajstić information content (AvgIpc) is 2.25. The Balaban J connectivity index is 2.36. The molecule has 0 fully saturated rings. The fourth-order valence-electron chi connectivity index (χ4n) is 1.21. The van der Waals surface area contributed by atoms with Crippen molar-refractivity contribution in [3.63, 3.8) is 0 Å². The Bertz CT molecular complexity index is 269. The van der Waals surface area contributed by atoms with E-state index in [-0.39, 0.29) is 6.10 Å². The van der Waals surface area contributed by atoms with E-state index in [1.165, 1.54) is 16.4 Å². The van der Waals surface area contributed by atoms with Crippen LogP contribution >= 0.6 is 23.5 Å². The topological polar surface area (TPSA) is 20.2 Å². The normalized spacial score (nSPS) is 12.7. The first-order valence-corrected chi connectivity index (χ1v) is 7.36. The van der Waals surface area contributed by atoms with Crippen molar-refractivity contribution in [2.45, 2.75) is 24.8 Å². The van der Waals surface area contributed by atoms with Crippen molar-refractivity contribution in [3.8, 4) is 0 Å². The monoisotopic (exact) mass is 242 g/mol. The molecule has 0 saturated carbocycles. The summed E-state index contributed by atoms with van der Waals surface area (Å²) in [5, 5.41) is 9.35. The Labute approximate surface area is 101 Å². The number of benzene rings is 1. The second-order valence-electron chi connectivity index (χ2n) is 3.29. The lowest BCUT2D eigenvalue weighted by atomic mass is 10.1. The Morgan fingerprint density at radius 3 is 2.40 bits per heavy atom. The zero-order chi connectivity index (χ0) is 11.1. The van der Waals surface area contributed by atoms with Gasteiger partial charge in [-0.2, -0.15) is 11.8 Å². The van der Waals surface area contributed by atoms with Crippen molar-refractivity contribution >= 4 is 23.5 Å². The number of rotatable bonds is 6. The van der Waals surface area contributed by atoms with Crippen LogP contribution in [0.4, 0.5) is 0 Å². The first-order valence-electron chi connectivity index (χ1n) is 5.22. The predicted molar refractivity (Wildman–Crippen MR) is 70.8 cm³/mol. The van der Waals surface area contributed by atoms with Gasteiger partial charge < -0.3 is 5.11 Å². The molecule has 1 unspecified atom stereocenters. The summed E-state index contributed by atoms with van der Waals surface area (Å²) >= 11 is 3.85. The van der Waals surface area contributed by atoms with E-state index in [1.54, 1.807) is 6.92 Å². The SMILES string of the molecule is CCSCCSc1ccc(C(C)O)cc1. The minimum atomic E-state index is -0.361. The van der Waals surface area contributed by atoms with E-state index in [4.69, 9.17) is 0 Å². The van der Waals surface area contributed by atoms with Crippen LogP contribution in [-0.2, 0) is 0 Å². The number of thioether (sulfide) groups is 2. The molecular weight excluding hydrogens is 224 g/mol. The molecule has 1 nitrogen and oxygen atoms in total. The van der Waals surface area contributed by atoms with Gasteiger partial charge in [-0.05, 0) is 30.4 Å². The van der Waals surface area contributed by atoms with Crippen LogP contribution in [0.15, 0.2) is 29.2 Å². The van der Waals surface area contributed by atoms with Gasteiger partial charge in [0.15, 0.2) is 0 Å². The lowest BCUT2D eigenvalue weighted by Gasteiger charge is -2.05. The largest absolute Gasteiger partial charge is 0.389 e. The molecule has 0 aliphatic carbocycles. The highest BCUT2D eigenvalue weighted by molar-refractivity contribution is 8.02. The molecule has 15 heavy (non-hydrogen) atoms. The molecule has 0 aromatic heterocycles. The smallest absolute Gasteiger partial charge is 0.0761 e. The lowest BCUT2D eigenvalue weighted by molar-refractivity contribution is 0.199. The number of aliphatic hydroxyl groups is 1. The highest BCUT2D eigenvalue weighted by atomic mass is 32.2. The van der Waals surface area contributed by atoms with Gasteiger partial charge in [0.25, 0.3) is 0 Å². The molecule has 1 N–H and O–H groups in total. The van der Waals surface area contributed by atoms with Crippen molar-refractivity contribution in [3.05, 3.63) is 29.8 Å². The fraction of sp³-hybridized carbons (Fsp3) is 0.500. The van der Waals surface area contributed by atoms with E-state index in [2.05, 4.69) is 19.1 Å². The quantitative estimate of drug-likeness (QED) is 0.608. The third-order valence-corrected chi connectivity index (χ3v) is 4.24. The van der Waals surface area contributed by atoms with Crippen LogP contribution in [-0.4, -0.2) is 22.4 Å². The van der Waals surface area contributed by atoms with Crippen molar-refractivity contribution in [2.75, 3.05) is 17.3 Å². The molecule has 1 aromatic rings. The second-order valence-corrected chi connectivity index (χ2v) is 5.85. The van der Waals surface area contributed by atoms with Crippen molar-refractivity contribution < 1.29 is 5.11 Å². The average molecular weight is 242 g/mol. The summed E-state index contributed by atoms with van der Waals surface area (Å²) in [6.07, 6.45) is -0.361. The molecular formula is C12H18OS2. The maximum atomic E-state index is 9.35. The molecule has 0 aliphatic rings. The Kier molecular flexibility index (Phi) is 6.22.